The summed E-state index contributed by atoms with van der Waals surface area (Å²) in [4.78, 5) is 35.2. The van der Waals surface area contributed by atoms with Gasteiger partial charge in [0.25, 0.3) is 0 Å². The van der Waals surface area contributed by atoms with E-state index in [0.717, 1.165) is 6.08 Å². The lowest BCUT2D eigenvalue weighted by Crippen LogP contribution is -2.09. The molecule has 3 aromatic carbocycles. The summed E-state index contributed by atoms with van der Waals surface area (Å²) >= 11 is 0. The van der Waals surface area contributed by atoms with Gasteiger partial charge in [0.2, 0.25) is 0 Å². The molecule has 0 heterocycles. The van der Waals surface area contributed by atoms with E-state index >= 15 is 0 Å². The molecule has 0 unspecified atom stereocenters. The van der Waals surface area contributed by atoms with Crippen molar-refractivity contribution in [2.45, 2.75) is 13.8 Å². The number of ether oxygens (including phenoxy) is 3. The normalized spacial score (nSPS) is 9.49. The Morgan fingerprint density at radius 1 is 0.641 bits per heavy atom. The topological polar surface area (TPSA) is 78.9 Å². The van der Waals surface area contributed by atoms with Crippen molar-refractivity contribution in [2.24, 2.45) is 0 Å². The van der Waals surface area contributed by atoms with E-state index in [4.69, 9.17) is 14.2 Å². The van der Waals surface area contributed by atoms with Gasteiger partial charge < -0.3 is 14.2 Å². The van der Waals surface area contributed by atoms with Crippen LogP contribution < -0.4 is 14.2 Å². The van der Waals surface area contributed by atoms with Crippen LogP contribution in [0.4, 0.5) is 0 Å². The number of benzene rings is 3. The average molecular weight is 517 g/mol. The monoisotopic (exact) mass is 516 g/mol. The van der Waals surface area contributed by atoms with Gasteiger partial charge in [0, 0.05) is 33.9 Å². The molecule has 0 bridgehead atoms. The third-order valence-electron chi connectivity index (χ3n) is 4.88. The minimum Gasteiger partial charge on any atom is -0.423 e. The van der Waals surface area contributed by atoms with Crippen molar-refractivity contribution in [3.8, 4) is 40.9 Å². The Balaban J connectivity index is 1.84. The highest BCUT2D eigenvalue weighted by Gasteiger charge is 2.10. The first-order chi connectivity index (χ1) is 18.6. The van der Waals surface area contributed by atoms with E-state index in [1.54, 1.807) is 80.6 Å². The number of carbonyl (C=O) groups is 3. The summed E-state index contributed by atoms with van der Waals surface area (Å²) < 4.78 is 15.7. The third kappa shape index (κ3) is 8.49. The Morgan fingerprint density at radius 2 is 1.10 bits per heavy atom. The van der Waals surface area contributed by atoms with Crippen LogP contribution in [0.2, 0.25) is 0 Å². The molecule has 0 radical (unpaired) electrons. The quantitative estimate of drug-likeness (QED) is 0.185. The predicted molar refractivity (Wildman–Crippen MR) is 148 cm³/mol. The smallest absolute Gasteiger partial charge is 0.338 e. The van der Waals surface area contributed by atoms with Crippen LogP contribution in [0.15, 0.2) is 104 Å². The zero-order valence-electron chi connectivity index (χ0n) is 21.5. The van der Waals surface area contributed by atoms with Crippen molar-refractivity contribution in [1.82, 2.24) is 0 Å². The maximum Gasteiger partial charge on any atom is 0.338 e. The molecule has 0 amide bonds. The molecule has 0 atom stereocenters. The fraction of sp³-hybridized carbons (Fsp3) is 0.0606. The molecule has 3 aromatic rings. The molecule has 3 rings (SSSR count). The zero-order valence-corrected chi connectivity index (χ0v) is 21.5. The number of hydrogen-bond donors (Lipinski definition) is 0. The van der Waals surface area contributed by atoms with Crippen LogP contribution in [-0.2, 0) is 14.4 Å². The molecule has 192 valence electrons. The van der Waals surface area contributed by atoms with Gasteiger partial charge in [-0.2, -0.15) is 0 Å². The highest BCUT2D eigenvalue weighted by Crippen LogP contribution is 2.21. The number of rotatable bonds is 6. The van der Waals surface area contributed by atoms with Gasteiger partial charge in [-0.1, -0.05) is 43.4 Å². The van der Waals surface area contributed by atoms with Gasteiger partial charge in [0.15, 0.2) is 0 Å². The molecule has 39 heavy (non-hydrogen) atoms. The predicted octanol–water partition coefficient (Wildman–Crippen LogP) is 5.54. The van der Waals surface area contributed by atoms with Crippen molar-refractivity contribution in [2.75, 3.05) is 0 Å². The highest BCUT2D eigenvalue weighted by molar-refractivity contribution is 5.89. The number of carbonyl (C=O) groups excluding carboxylic acids is 3. The van der Waals surface area contributed by atoms with Crippen molar-refractivity contribution in [3.05, 3.63) is 126 Å². The molecular weight excluding hydrogens is 492 g/mol. The lowest BCUT2D eigenvalue weighted by Gasteiger charge is -2.07. The second kappa shape index (κ2) is 13.1. The molecule has 0 aliphatic rings. The summed E-state index contributed by atoms with van der Waals surface area (Å²) in [5.41, 5.74) is 2.96. The lowest BCUT2D eigenvalue weighted by atomic mass is 10.1. The Bertz CT molecular complexity index is 1580. The van der Waals surface area contributed by atoms with Crippen molar-refractivity contribution in [3.63, 3.8) is 0 Å². The van der Waals surface area contributed by atoms with Gasteiger partial charge in [-0.25, -0.2) is 14.4 Å². The van der Waals surface area contributed by atoms with Crippen molar-refractivity contribution >= 4 is 17.9 Å². The van der Waals surface area contributed by atoms with E-state index in [1.165, 1.54) is 0 Å². The molecule has 0 aromatic heterocycles. The molecule has 6 heteroatoms. The lowest BCUT2D eigenvalue weighted by molar-refractivity contribution is -0.130. The van der Waals surface area contributed by atoms with E-state index < -0.39 is 17.9 Å². The number of hydrogen-bond acceptors (Lipinski definition) is 6. The molecule has 0 fully saturated rings. The molecule has 0 aliphatic heterocycles. The Kier molecular flexibility index (Phi) is 9.40. The number of esters is 3. The first kappa shape index (κ1) is 28.0. The Hall–Kier alpha value is -5.59. The largest absolute Gasteiger partial charge is 0.423 e. The van der Waals surface area contributed by atoms with E-state index in [9.17, 15) is 14.4 Å². The molecule has 0 aliphatic carbocycles. The molecule has 6 nitrogen and oxygen atoms in total. The van der Waals surface area contributed by atoms with Crippen LogP contribution in [0.1, 0.15) is 36.1 Å². The van der Waals surface area contributed by atoms with E-state index in [0.29, 0.717) is 39.3 Å². The zero-order chi connectivity index (χ0) is 28.4. The second-order valence-electron chi connectivity index (χ2n) is 8.22. The molecule has 0 saturated carbocycles. The highest BCUT2D eigenvalue weighted by atomic mass is 16.5. The van der Waals surface area contributed by atoms with Gasteiger partial charge in [0.05, 0.1) is 5.56 Å². The van der Waals surface area contributed by atoms with E-state index in [-0.39, 0.29) is 11.3 Å². The van der Waals surface area contributed by atoms with Gasteiger partial charge in [-0.05, 0) is 80.6 Å². The SMILES string of the molecule is C=CC(=O)Oc1ccc(C#Cc2ccc(C#Cc3ccc(OC(=O)C(=C)C)cc3)c(OC(=O)C(=C)C)c2)cc1. The van der Waals surface area contributed by atoms with Crippen molar-refractivity contribution in [1.29, 1.82) is 0 Å². The molecule has 0 N–H and O–H groups in total. The fourth-order valence-electron chi connectivity index (χ4n) is 2.82. The Morgan fingerprint density at radius 3 is 1.64 bits per heavy atom. The van der Waals surface area contributed by atoms with Gasteiger partial charge in [-0.15, -0.1) is 0 Å². The Labute approximate surface area is 227 Å². The summed E-state index contributed by atoms with van der Waals surface area (Å²) in [6.07, 6.45) is 1.08. The summed E-state index contributed by atoms with van der Waals surface area (Å²) in [7, 11) is 0. The molecular formula is C33H24O6. The standard InChI is InChI=1S/C33H24O6/c1-6-31(34)37-28-17-11-24(12-18-28)7-8-26-10-16-27(30(21-26)39-33(36)23(4)5)15-9-25-13-19-29(20-14-25)38-32(35)22(2)3/h6,10-14,16-21H,1-2,4H2,3,5H3. The summed E-state index contributed by atoms with van der Waals surface area (Å²) in [6, 6.07) is 18.4. The first-order valence-corrected chi connectivity index (χ1v) is 11.6. The van der Waals surface area contributed by atoms with Crippen LogP contribution in [0, 0.1) is 23.7 Å². The van der Waals surface area contributed by atoms with E-state index in [1.807, 2.05) is 0 Å². The van der Waals surface area contributed by atoms with Gasteiger partial charge in [0.1, 0.15) is 17.2 Å². The fourth-order valence-corrected chi connectivity index (χ4v) is 2.82. The van der Waals surface area contributed by atoms with Crippen LogP contribution in [-0.4, -0.2) is 17.9 Å². The van der Waals surface area contributed by atoms with Crippen LogP contribution in [0.3, 0.4) is 0 Å². The van der Waals surface area contributed by atoms with Gasteiger partial charge in [-0.3, -0.25) is 0 Å². The first-order valence-electron chi connectivity index (χ1n) is 11.6. The van der Waals surface area contributed by atoms with Crippen LogP contribution >= 0.6 is 0 Å². The summed E-state index contributed by atoms with van der Waals surface area (Å²) in [5.74, 6) is 11.4. The molecule has 0 saturated heterocycles. The van der Waals surface area contributed by atoms with Crippen LogP contribution in [0.25, 0.3) is 0 Å². The molecule has 0 spiro atoms. The summed E-state index contributed by atoms with van der Waals surface area (Å²) in [6.45, 7) is 13.7. The third-order valence-corrected chi connectivity index (χ3v) is 4.88. The van der Waals surface area contributed by atoms with Crippen LogP contribution in [0.5, 0.6) is 17.2 Å². The van der Waals surface area contributed by atoms with Gasteiger partial charge >= 0.3 is 17.9 Å². The maximum atomic E-state index is 12.2. The second-order valence-corrected chi connectivity index (χ2v) is 8.22. The maximum absolute atomic E-state index is 12.2. The minimum atomic E-state index is -0.587. The summed E-state index contributed by atoms with van der Waals surface area (Å²) in [5, 5.41) is 0. The van der Waals surface area contributed by atoms with Crippen molar-refractivity contribution < 1.29 is 28.6 Å². The minimum absolute atomic E-state index is 0.237. The van der Waals surface area contributed by atoms with E-state index in [2.05, 4.69) is 43.4 Å². The average Bonchev–Trinajstić information content (AvgIpc) is 2.92.